The van der Waals surface area contributed by atoms with Crippen LogP contribution in [0.1, 0.15) is 0 Å². The lowest BCUT2D eigenvalue weighted by molar-refractivity contribution is 0.670. The molecule has 0 radical (unpaired) electrons. The summed E-state index contributed by atoms with van der Waals surface area (Å²) in [4.78, 5) is 30.4. The molecule has 11 rings (SSSR count). The lowest BCUT2D eigenvalue weighted by Gasteiger charge is -2.13. The number of fused-ring (bicyclic) bond motifs is 8. The van der Waals surface area contributed by atoms with Crippen molar-refractivity contribution in [2.75, 3.05) is 6.67 Å². The number of pyridine rings is 1. The summed E-state index contributed by atoms with van der Waals surface area (Å²) in [5, 5.41) is 6.87. The summed E-state index contributed by atoms with van der Waals surface area (Å²) in [6.07, 6.45) is 0. The van der Waals surface area contributed by atoms with E-state index in [4.69, 9.17) is 34.3 Å². The van der Waals surface area contributed by atoms with Gasteiger partial charge in [0.05, 0.1) is 21.9 Å². The van der Waals surface area contributed by atoms with E-state index in [2.05, 4.69) is 78.9 Å². The molecule has 0 aliphatic carbocycles. The van der Waals surface area contributed by atoms with Crippen LogP contribution in [0.3, 0.4) is 0 Å². The van der Waals surface area contributed by atoms with Crippen molar-refractivity contribution >= 4 is 43.6 Å². The maximum atomic E-state index is 6.36. The monoisotopic (exact) mass is 692 g/mol. The molecule has 0 fully saturated rings. The Kier molecular flexibility index (Phi) is 6.78. The van der Waals surface area contributed by atoms with E-state index in [1.54, 1.807) is 0 Å². The van der Waals surface area contributed by atoms with Gasteiger partial charge in [0.2, 0.25) is 0 Å². The summed E-state index contributed by atoms with van der Waals surface area (Å²) in [5.74, 6) is 1.67. The third-order valence-corrected chi connectivity index (χ3v) is 10.2. The molecule has 0 unspecified atom stereocenters. The van der Waals surface area contributed by atoms with Crippen LogP contribution < -0.4 is 10.7 Å². The van der Waals surface area contributed by atoms with E-state index in [1.807, 2.05) is 78.9 Å². The first kappa shape index (κ1) is 30.3. The zero-order valence-corrected chi connectivity index (χ0v) is 28.8. The van der Waals surface area contributed by atoms with Crippen LogP contribution in [0.2, 0.25) is 0 Å². The molecule has 0 spiro atoms. The van der Waals surface area contributed by atoms with Crippen LogP contribution in [0.5, 0.6) is 0 Å². The van der Waals surface area contributed by atoms with Gasteiger partial charge in [-0.15, -0.1) is 0 Å². The van der Waals surface area contributed by atoms with E-state index in [0.717, 1.165) is 93.4 Å². The molecule has 1 aliphatic heterocycles. The SMILES string of the molecule is c1ccc(-c2nc(-c3ccc(-c4cccc5c4oc4ccccc45)cc3)nc(-c3cc4c(-c5ccccc5)nc5ccccc5c4c4c3=NCN=4)n2)cc1. The predicted molar refractivity (Wildman–Crippen MR) is 214 cm³/mol. The van der Waals surface area contributed by atoms with E-state index >= 15 is 0 Å². The molecule has 0 atom stereocenters. The maximum Gasteiger partial charge on any atom is 0.166 e. The Balaban J connectivity index is 1.12. The second-order valence-electron chi connectivity index (χ2n) is 13.4. The fourth-order valence-electron chi connectivity index (χ4n) is 7.67. The minimum Gasteiger partial charge on any atom is -0.455 e. The number of nitrogens with zero attached hydrogens (tertiary/aromatic N) is 6. The van der Waals surface area contributed by atoms with Crippen LogP contribution in [0.25, 0.3) is 100 Å². The molecule has 0 N–H and O–H groups in total. The quantitative estimate of drug-likeness (QED) is 0.168. The number of aromatic nitrogens is 4. The highest BCUT2D eigenvalue weighted by Crippen LogP contribution is 2.37. The first-order valence-electron chi connectivity index (χ1n) is 17.9. The zero-order chi connectivity index (χ0) is 35.6. The third kappa shape index (κ3) is 4.83. The van der Waals surface area contributed by atoms with E-state index in [0.29, 0.717) is 24.1 Å². The van der Waals surface area contributed by atoms with Crippen molar-refractivity contribution in [1.82, 2.24) is 19.9 Å². The van der Waals surface area contributed by atoms with Gasteiger partial charge in [-0.2, -0.15) is 0 Å². The van der Waals surface area contributed by atoms with Crippen LogP contribution in [-0.2, 0) is 0 Å². The van der Waals surface area contributed by atoms with Crippen LogP contribution >= 0.6 is 0 Å². The van der Waals surface area contributed by atoms with Crippen molar-refractivity contribution in [3.05, 3.63) is 168 Å². The van der Waals surface area contributed by atoms with Crippen molar-refractivity contribution in [1.29, 1.82) is 0 Å². The van der Waals surface area contributed by atoms with Gasteiger partial charge in [-0.3, -0.25) is 9.98 Å². The highest BCUT2D eigenvalue weighted by Gasteiger charge is 2.21. The van der Waals surface area contributed by atoms with Gasteiger partial charge in [0.15, 0.2) is 17.5 Å². The number of benzene rings is 7. The number of hydrogen-bond donors (Lipinski definition) is 0. The van der Waals surface area contributed by atoms with Gasteiger partial charge in [-0.1, -0.05) is 140 Å². The van der Waals surface area contributed by atoms with Gasteiger partial charge in [0.1, 0.15) is 17.8 Å². The van der Waals surface area contributed by atoms with E-state index < -0.39 is 0 Å². The van der Waals surface area contributed by atoms with Crippen molar-refractivity contribution in [3.8, 4) is 56.5 Å². The van der Waals surface area contributed by atoms with Crippen LogP contribution in [0.15, 0.2) is 172 Å². The summed E-state index contributed by atoms with van der Waals surface area (Å²) in [6, 6.07) is 53.5. The highest BCUT2D eigenvalue weighted by atomic mass is 16.3. The average molecular weight is 693 g/mol. The maximum absolute atomic E-state index is 6.36. The first-order valence-corrected chi connectivity index (χ1v) is 17.9. The summed E-state index contributed by atoms with van der Waals surface area (Å²) < 4.78 is 6.36. The van der Waals surface area contributed by atoms with Gasteiger partial charge in [-0.25, -0.2) is 19.9 Å². The Bertz CT molecular complexity index is 3230. The van der Waals surface area contributed by atoms with Gasteiger partial charge in [-0.05, 0) is 23.8 Å². The van der Waals surface area contributed by atoms with Gasteiger partial charge >= 0.3 is 0 Å². The van der Waals surface area contributed by atoms with E-state index in [1.165, 1.54) is 0 Å². The molecule has 0 saturated carbocycles. The van der Waals surface area contributed by atoms with Gasteiger partial charge in [0.25, 0.3) is 0 Å². The number of furan rings is 1. The van der Waals surface area contributed by atoms with Crippen LogP contribution in [-0.4, -0.2) is 26.6 Å². The first-order chi connectivity index (χ1) is 26.8. The molecular formula is C47H28N6O. The van der Waals surface area contributed by atoms with E-state index in [9.17, 15) is 0 Å². The number of hydrogen-bond acceptors (Lipinski definition) is 7. The molecule has 1 aliphatic rings. The molecule has 7 nitrogen and oxygen atoms in total. The minimum absolute atomic E-state index is 0.335. The third-order valence-electron chi connectivity index (χ3n) is 10.2. The van der Waals surface area contributed by atoms with E-state index in [-0.39, 0.29) is 0 Å². The number of rotatable bonds is 5. The lowest BCUT2D eigenvalue weighted by atomic mass is 9.96. The Hall–Kier alpha value is -7.38. The van der Waals surface area contributed by atoms with Crippen molar-refractivity contribution in [2.45, 2.75) is 0 Å². The minimum atomic E-state index is 0.335. The molecular weight excluding hydrogens is 665 g/mol. The standard InChI is InChI=1S/C47H28N6O/c1-3-12-29(13-4-1)41-36-26-37(42-43(49-27-48-42)40(36)35-17-7-9-20-38(35)50-41)47-52-45(30-14-5-2-6-15-30)51-46(53-47)31-24-22-28(23-25-31)32-18-11-19-34-33-16-8-10-21-39(33)54-44(32)34/h1-26H,27H2. The zero-order valence-electron chi connectivity index (χ0n) is 28.8. The molecule has 7 heteroatoms. The summed E-state index contributed by atoms with van der Waals surface area (Å²) >= 11 is 0. The van der Waals surface area contributed by atoms with Gasteiger partial charge in [0, 0.05) is 54.7 Å². The molecule has 0 bridgehead atoms. The molecule has 0 amide bonds. The summed E-state index contributed by atoms with van der Waals surface area (Å²) in [5.41, 5.74) is 9.19. The molecule has 4 heterocycles. The normalized spacial score (nSPS) is 12.3. The Morgan fingerprint density at radius 1 is 0.407 bits per heavy atom. The van der Waals surface area contributed by atoms with Gasteiger partial charge < -0.3 is 4.42 Å². The second-order valence-corrected chi connectivity index (χ2v) is 13.4. The van der Waals surface area contributed by atoms with Crippen molar-refractivity contribution < 1.29 is 4.42 Å². The van der Waals surface area contributed by atoms with Crippen LogP contribution in [0.4, 0.5) is 0 Å². The molecule has 7 aromatic carbocycles. The Morgan fingerprint density at radius 2 is 1.02 bits per heavy atom. The topological polar surface area (TPSA) is 89.4 Å². The van der Waals surface area contributed by atoms with Crippen molar-refractivity contribution in [3.63, 3.8) is 0 Å². The summed E-state index contributed by atoms with van der Waals surface area (Å²) in [7, 11) is 0. The largest absolute Gasteiger partial charge is 0.455 e. The fourth-order valence-corrected chi connectivity index (χ4v) is 7.67. The Morgan fingerprint density at radius 3 is 1.81 bits per heavy atom. The lowest BCUT2D eigenvalue weighted by Crippen LogP contribution is -2.26. The molecule has 252 valence electrons. The molecule has 10 aromatic rings. The summed E-state index contributed by atoms with van der Waals surface area (Å²) in [6.45, 7) is 0.335. The fraction of sp³-hybridized carbons (Fsp3) is 0.0213. The molecule has 3 aromatic heterocycles. The smallest absolute Gasteiger partial charge is 0.166 e. The Labute approximate surface area is 308 Å². The molecule has 54 heavy (non-hydrogen) atoms. The predicted octanol–water partition coefficient (Wildman–Crippen LogP) is 10.0. The molecule has 0 saturated heterocycles. The average Bonchev–Trinajstić information content (AvgIpc) is 3.89. The van der Waals surface area contributed by atoms with Crippen molar-refractivity contribution in [2.24, 2.45) is 9.98 Å². The number of para-hydroxylation sites is 3. The highest BCUT2D eigenvalue weighted by molar-refractivity contribution is 6.12. The van der Waals surface area contributed by atoms with Crippen LogP contribution in [0, 0.1) is 0 Å². The second kappa shape index (κ2) is 12.1.